The van der Waals surface area contributed by atoms with Crippen molar-refractivity contribution >= 4 is 54.6 Å². The number of ether oxygens (including phenoxy) is 1. The first-order chi connectivity index (χ1) is 14.2. The van der Waals surface area contributed by atoms with E-state index in [0.717, 1.165) is 45.1 Å². The number of fused-ring (bicyclic) bond motifs is 6. The highest BCUT2D eigenvalue weighted by Crippen LogP contribution is 2.33. The molecule has 0 spiro atoms. The van der Waals surface area contributed by atoms with E-state index in [0.29, 0.717) is 0 Å². The third-order valence-corrected chi connectivity index (χ3v) is 5.80. The van der Waals surface area contributed by atoms with E-state index < -0.39 is 0 Å². The summed E-state index contributed by atoms with van der Waals surface area (Å²) in [6, 6.07) is 23.3. The predicted octanol–water partition coefficient (Wildman–Crippen LogP) is 6.07. The molecule has 3 heterocycles. The monoisotopic (exact) mass is 377 g/mol. The molecule has 29 heavy (non-hydrogen) atoms. The third-order valence-electron chi connectivity index (χ3n) is 5.80. The van der Waals surface area contributed by atoms with Gasteiger partial charge in [-0.3, -0.25) is 0 Å². The molecular weight excluding hydrogens is 358 g/mol. The highest BCUT2D eigenvalue weighted by Gasteiger charge is 2.12. The fourth-order valence-electron chi connectivity index (χ4n) is 4.42. The van der Waals surface area contributed by atoms with Gasteiger partial charge in [0.05, 0.1) is 18.1 Å². The minimum atomic E-state index is 0.772. The molecule has 4 nitrogen and oxygen atoms in total. The molecule has 0 aliphatic heterocycles. The van der Waals surface area contributed by atoms with Gasteiger partial charge in [-0.25, -0.2) is 9.97 Å². The number of pyridine rings is 2. The van der Waals surface area contributed by atoms with E-state index in [1.54, 1.807) is 7.11 Å². The summed E-state index contributed by atoms with van der Waals surface area (Å²) >= 11 is 0. The summed E-state index contributed by atoms with van der Waals surface area (Å²) in [6.45, 7) is 3.13. The number of para-hydroxylation sites is 1. The van der Waals surface area contributed by atoms with Crippen molar-refractivity contribution in [1.82, 2.24) is 14.5 Å². The Kier molecular flexibility index (Phi) is 3.33. The lowest BCUT2D eigenvalue weighted by Gasteiger charge is -2.07. The number of hydrogen-bond donors (Lipinski definition) is 0. The van der Waals surface area contributed by atoms with Gasteiger partial charge in [0.25, 0.3) is 0 Å². The first-order valence-electron chi connectivity index (χ1n) is 9.85. The summed E-state index contributed by atoms with van der Waals surface area (Å²) in [5.74, 6) is 0.835. The van der Waals surface area contributed by atoms with Crippen LogP contribution in [0.5, 0.6) is 5.75 Å². The molecule has 0 bridgehead atoms. The van der Waals surface area contributed by atoms with Gasteiger partial charge in [0, 0.05) is 44.5 Å². The summed E-state index contributed by atoms with van der Waals surface area (Å²) in [4.78, 5) is 9.71. The summed E-state index contributed by atoms with van der Waals surface area (Å²) in [5.41, 5.74) is 5.19. The minimum Gasteiger partial charge on any atom is -0.497 e. The second kappa shape index (κ2) is 5.92. The quantitative estimate of drug-likeness (QED) is 0.344. The van der Waals surface area contributed by atoms with E-state index in [1.165, 1.54) is 21.8 Å². The fraction of sp³-hybridized carbons (Fsp3) is 0.120. The molecule has 0 radical (unpaired) electrons. The van der Waals surface area contributed by atoms with Gasteiger partial charge in [-0.15, -0.1) is 0 Å². The molecule has 0 amide bonds. The first-order valence-corrected chi connectivity index (χ1v) is 9.85. The van der Waals surface area contributed by atoms with Crippen molar-refractivity contribution in [3.05, 3.63) is 66.7 Å². The number of aromatic nitrogens is 3. The van der Waals surface area contributed by atoms with Crippen LogP contribution < -0.4 is 4.74 Å². The Balaban J connectivity index is 1.71. The Morgan fingerprint density at radius 1 is 0.759 bits per heavy atom. The molecule has 140 valence electrons. The number of benzene rings is 3. The highest BCUT2D eigenvalue weighted by molar-refractivity contribution is 6.13. The second-order valence-electron chi connectivity index (χ2n) is 7.41. The van der Waals surface area contributed by atoms with Crippen molar-refractivity contribution in [2.45, 2.75) is 13.5 Å². The van der Waals surface area contributed by atoms with E-state index in [1.807, 2.05) is 18.2 Å². The van der Waals surface area contributed by atoms with Crippen LogP contribution in [0.15, 0.2) is 66.7 Å². The molecule has 0 saturated carbocycles. The lowest BCUT2D eigenvalue weighted by Crippen LogP contribution is -1.93. The number of nitrogens with zero attached hydrogens (tertiary/aromatic N) is 3. The van der Waals surface area contributed by atoms with Crippen LogP contribution in [0.1, 0.15) is 6.92 Å². The van der Waals surface area contributed by atoms with Crippen LogP contribution in [-0.4, -0.2) is 21.6 Å². The summed E-state index contributed by atoms with van der Waals surface area (Å²) < 4.78 is 7.73. The molecule has 0 atom stereocenters. The zero-order chi connectivity index (χ0) is 19.5. The molecule has 0 fully saturated rings. The molecule has 0 N–H and O–H groups in total. The van der Waals surface area contributed by atoms with Gasteiger partial charge in [0.15, 0.2) is 5.65 Å². The molecular formula is C25H19N3O. The molecule has 6 aromatic rings. The van der Waals surface area contributed by atoms with Crippen molar-refractivity contribution in [3.8, 4) is 5.75 Å². The van der Waals surface area contributed by atoms with Crippen LogP contribution in [-0.2, 0) is 6.54 Å². The Hall–Kier alpha value is -3.66. The highest BCUT2D eigenvalue weighted by atomic mass is 16.5. The van der Waals surface area contributed by atoms with Crippen LogP contribution >= 0.6 is 0 Å². The fourth-order valence-corrected chi connectivity index (χ4v) is 4.42. The van der Waals surface area contributed by atoms with Crippen molar-refractivity contribution in [3.63, 3.8) is 0 Å². The van der Waals surface area contributed by atoms with Crippen molar-refractivity contribution < 1.29 is 4.74 Å². The van der Waals surface area contributed by atoms with E-state index >= 15 is 0 Å². The van der Waals surface area contributed by atoms with Gasteiger partial charge in [-0.05, 0) is 55.5 Å². The topological polar surface area (TPSA) is 39.9 Å². The average molecular weight is 377 g/mol. The van der Waals surface area contributed by atoms with E-state index in [2.05, 4.69) is 60.0 Å². The van der Waals surface area contributed by atoms with Crippen LogP contribution in [0.25, 0.3) is 54.6 Å². The van der Waals surface area contributed by atoms with Crippen molar-refractivity contribution in [2.24, 2.45) is 0 Å². The molecule has 0 unspecified atom stereocenters. The van der Waals surface area contributed by atoms with Crippen LogP contribution in [0.3, 0.4) is 0 Å². The molecule has 6 rings (SSSR count). The maximum atomic E-state index is 5.36. The van der Waals surface area contributed by atoms with Crippen molar-refractivity contribution in [2.75, 3.05) is 7.11 Å². The number of aryl methyl sites for hydroxylation is 1. The van der Waals surface area contributed by atoms with E-state index in [9.17, 15) is 0 Å². The van der Waals surface area contributed by atoms with Gasteiger partial charge < -0.3 is 9.30 Å². The lowest BCUT2D eigenvalue weighted by molar-refractivity contribution is 0.415. The molecule has 0 aliphatic carbocycles. The standard InChI is InChI=1S/C25H19N3O/c1-3-28-23-7-5-4-6-19(23)20-14-22-16(13-24(20)28)11-17-10-15-12-18(29-2)8-9-21(15)26-25(17)27-22/h4-14H,3H2,1-2H3. The van der Waals surface area contributed by atoms with Crippen LogP contribution in [0.2, 0.25) is 0 Å². The van der Waals surface area contributed by atoms with Crippen LogP contribution in [0, 0.1) is 0 Å². The van der Waals surface area contributed by atoms with E-state index in [-0.39, 0.29) is 0 Å². The normalized spacial score (nSPS) is 11.9. The maximum absolute atomic E-state index is 5.36. The smallest absolute Gasteiger partial charge is 0.160 e. The number of hydrogen-bond acceptors (Lipinski definition) is 3. The largest absolute Gasteiger partial charge is 0.497 e. The molecule has 0 aliphatic rings. The summed E-state index contributed by atoms with van der Waals surface area (Å²) in [6.07, 6.45) is 0. The third kappa shape index (κ3) is 2.32. The Morgan fingerprint density at radius 3 is 2.38 bits per heavy atom. The van der Waals surface area contributed by atoms with Gasteiger partial charge in [0.1, 0.15) is 5.75 Å². The molecule has 0 saturated heterocycles. The lowest BCUT2D eigenvalue weighted by atomic mass is 10.1. The van der Waals surface area contributed by atoms with Gasteiger partial charge in [-0.1, -0.05) is 18.2 Å². The van der Waals surface area contributed by atoms with Gasteiger partial charge >= 0.3 is 0 Å². The van der Waals surface area contributed by atoms with Crippen molar-refractivity contribution in [1.29, 1.82) is 0 Å². The molecule has 3 aromatic heterocycles. The van der Waals surface area contributed by atoms with Crippen LogP contribution in [0.4, 0.5) is 0 Å². The zero-order valence-corrected chi connectivity index (χ0v) is 16.3. The Bertz CT molecular complexity index is 1580. The zero-order valence-electron chi connectivity index (χ0n) is 16.3. The maximum Gasteiger partial charge on any atom is 0.160 e. The Morgan fingerprint density at radius 2 is 1.55 bits per heavy atom. The SMILES string of the molecule is CCn1c2ccccc2c2cc3nc4nc5ccc(OC)cc5cc4cc3cc21. The van der Waals surface area contributed by atoms with E-state index in [4.69, 9.17) is 14.7 Å². The Labute approximate surface area is 167 Å². The average Bonchev–Trinajstić information content (AvgIpc) is 3.06. The van der Waals surface area contributed by atoms with Gasteiger partial charge in [0.2, 0.25) is 0 Å². The molecule has 3 aromatic carbocycles. The number of methoxy groups -OCH3 is 1. The molecule has 4 heteroatoms. The van der Waals surface area contributed by atoms with Gasteiger partial charge in [-0.2, -0.15) is 0 Å². The summed E-state index contributed by atoms with van der Waals surface area (Å²) in [7, 11) is 1.68. The number of rotatable bonds is 2. The second-order valence-corrected chi connectivity index (χ2v) is 7.41. The summed E-state index contributed by atoms with van der Waals surface area (Å²) in [5, 5.41) is 5.74. The first kappa shape index (κ1) is 16.3. The predicted molar refractivity (Wildman–Crippen MR) is 120 cm³/mol. The minimum absolute atomic E-state index is 0.772.